The Kier molecular flexibility index (Phi) is 3.90. The third kappa shape index (κ3) is 2.93. The molecule has 0 saturated heterocycles. The van der Waals surface area contributed by atoms with Crippen molar-refractivity contribution in [3.8, 4) is 5.75 Å². The van der Waals surface area contributed by atoms with Crippen molar-refractivity contribution < 1.29 is 13.9 Å². The molecule has 0 fully saturated rings. The zero-order valence-electron chi connectivity index (χ0n) is 15.1. The van der Waals surface area contributed by atoms with Gasteiger partial charge in [0, 0.05) is 59.2 Å². The molecule has 1 aliphatic heterocycles. The number of fused-ring (bicyclic) bond motifs is 4. The van der Waals surface area contributed by atoms with Crippen LogP contribution in [0.3, 0.4) is 0 Å². The highest BCUT2D eigenvalue weighted by Crippen LogP contribution is 2.27. The van der Waals surface area contributed by atoms with E-state index in [1.165, 1.54) is 22.7 Å². The highest BCUT2D eigenvalue weighted by atomic mass is 16.5. The molecule has 28 heavy (non-hydrogen) atoms. The number of carbonyl (C=O) groups is 1. The van der Waals surface area contributed by atoms with Gasteiger partial charge in [0.25, 0.3) is 5.91 Å². The number of nitrogens with zero attached hydrogens (tertiary/aromatic N) is 1. The van der Waals surface area contributed by atoms with Gasteiger partial charge in [-0.15, -0.1) is 0 Å². The summed E-state index contributed by atoms with van der Waals surface area (Å²) in [5, 5.41) is 1.97. The second-order valence-corrected chi connectivity index (χ2v) is 6.94. The minimum Gasteiger partial charge on any atom is -0.484 e. The molecule has 0 radical (unpaired) electrons. The Hall–Kier alpha value is -3.54. The lowest BCUT2D eigenvalue weighted by Crippen LogP contribution is -2.38. The fourth-order valence-electron chi connectivity index (χ4n) is 3.75. The van der Waals surface area contributed by atoms with E-state index in [4.69, 9.17) is 9.15 Å². The zero-order chi connectivity index (χ0) is 19.1. The summed E-state index contributed by atoms with van der Waals surface area (Å²) in [4.78, 5) is 29.3. The Morgan fingerprint density at radius 1 is 1.14 bits per heavy atom. The van der Waals surface area contributed by atoms with Crippen LogP contribution in [0.5, 0.6) is 5.75 Å². The largest absolute Gasteiger partial charge is 0.484 e. The molecule has 3 heterocycles. The first-order chi connectivity index (χ1) is 13.7. The minimum absolute atomic E-state index is 0.0553. The SMILES string of the molecule is O=C(COc1ccc2ccc(=O)oc2c1)N1CCc2[nH]c3ccccc3c2C1. The van der Waals surface area contributed by atoms with Gasteiger partial charge in [-0.25, -0.2) is 4.79 Å². The molecule has 0 atom stereocenters. The lowest BCUT2D eigenvalue weighted by Gasteiger charge is -2.27. The summed E-state index contributed by atoms with van der Waals surface area (Å²) in [6, 6.07) is 16.4. The molecular formula is C22H18N2O4. The number of ether oxygens (including phenoxy) is 1. The second kappa shape index (κ2) is 6.56. The van der Waals surface area contributed by atoms with Crippen molar-refractivity contribution in [3.05, 3.63) is 76.3 Å². The third-order valence-corrected chi connectivity index (χ3v) is 5.19. The first kappa shape index (κ1) is 16.6. The average Bonchev–Trinajstić information content (AvgIpc) is 3.09. The Labute approximate surface area is 160 Å². The van der Waals surface area contributed by atoms with Crippen molar-refractivity contribution in [1.82, 2.24) is 9.88 Å². The molecular weight excluding hydrogens is 356 g/mol. The fourth-order valence-corrected chi connectivity index (χ4v) is 3.75. The zero-order valence-corrected chi connectivity index (χ0v) is 15.1. The Bertz CT molecular complexity index is 1250. The van der Waals surface area contributed by atoms with Crippen LogP contribution < -0.4 is 10.4 Å². The van der Waals surface area contributed by atoms with Crippen LogP contribution in [-0.2, 0) is 17.8 Å². The van der Waals surface area contributed by atoms with Crippen molar-refractivity contribution in [2.75, 3.05) is 13.2 Å². The maximum Gasteiger partial charge on any atom is 0.336 e. The Morgan fingerprint density at radius 2 is 2.00 bits per heavy atom. The number of aromatic amines is 1. The molecule has 6 nitrogen and oxygen atoms in total. The number of H-pyrrole nitrogens is 1. The molecule has 4 aromatic rings. The van der Waals surface area contributed by atoms with Gasteiger partial charge in [-0.1, -0.05) is 18.2 Å². The molecule has 0 saturated carbocycles. The molecule has 1 aliphatic rings. The van der Waals surface area contributed by atoms with Crippen LogP contribution in [0.4, 0.5) is 0 Å². The lowest BCUT2D eigenvalue weighted by atomic mass is 10.0. The normalized spacial score (nSPS) is 13.6. The number of rotatable bonds is 3. The topological polar surface area (TPSA) is 75.5 Å². The number of aromatic nitrogens is 1. The van der Waals surface area contributed by atoms with Gasteiger partial charge in [0.05, 0.1) is 0 Å². The van der Waals surface area contributed by atoms with E-state index in [9.17, 15) is 9.59 Å². The highest BCUT2D eigenvalue weighted by Gasteiger charge is 2.24. The Balaban J connectivity index is 1.30. The number of benzene rings is 2. The highest BCUT2D eigenvalue weighted by molar-refractivity contribution is 5.86. The molecule has 5 rings (SSSR count). The Morgan fingerprint density at radius 3 is 2.93 bits per heavy atom. The van der Waals surface area contributed by atoms with Crippen molar-refractivity contribution in [2.24, 2.45) is 0 Å². The van der Waals surface area contributed by atoms with Gasteiger partial charge in [-0.3, -0.25) is 4.79 Å². The first-order valence-electron chi connectivity index (χ1n) is 9.20. The van der Waals surface area contributed by atoms with E-state index in [-0.39, 0.29) is 12.5 Å². The smallest absolute Gasteiger partial charge is 0.336 e. The molecule has 6 heteroatoms. The third-order valence-electron chi connectivity index (χ3n) is 5.19. The van der Waals surface area contributed by atoms with Crippen LogP contribution in [0.25, 0.3) is 21.9 Å². The number of amides is 1. The maximum atomic E-state index is 12.7. The monoisotopic (exact) mass is 374 g/mol. The van der Waals surface area contributed by atoms with E-state index < -0.39 is 5.63 Å². The van der Waals surface area contributed by atoms with E-state index in [0.717, 1.165) is 17.3 Å². The van der Waals surface area contributed by atoms with Gasteiger partial charge in [0.15, 0.2) is 6.61 Å². The van der Waals surface area contributed by atoms with Gasteiger partial charge >= 0.3 is 5.63 Å². The summed E-state index contributed by atoms with van der Waals surface area (Å²) in [6.45, 7) is 1.18. The van der Waals surface area contributed by atoms with E-state index in [1.807, 2.05) is 17.0 Å². The van der Waals surface area contributed by atoms with Gasteiger partial charge in [0.2, 0.25) is 0 Å². The molecule has 0 aliphatic carbocycles. The summed E-state index contributed by atoms with van der Waals surface area (Å²) in [7, 11) is 0. The number of hydrogen-bond acceptors (Lipinski definition) is 4. The molecule has 1 amide bonds. The predicted molar refractivity (Wildman–Crippen MR) is 105 cm³/mol. The lowest BCUT2D eigenvalue weighted by molar-refractivity contribution is -0.134. The number of hydrogen-bond donors (Lipinski definition) is 1. The summed E-state index contributed by atoms with van der Waals surface area (Å²) in [5.74, 6) is 0.436. The van der Waals surface area contributed by atoms with E-state index in [0.29, 0.717) is 24.4 Å². The first-order valence-corrected chi connectivity index (χ1v) is 9.20. The second-order valence-electron chi connectivity index (χ2n) is 6.94. The van der Waals surface area contributed by atoms with Crippen molar-refractivity contribution >= 4 is 27.8 Å². The standard InChI is InChI=1S/C22H18N2O4/c25-21(13-27-15-7-5-14-6-8-22(26)28-20(14)11-15)24-10-9-19-17(12-24)16-3-1-2-4-18(16)23-19/h1-8,11,23H,9-10,12-13H2. The summed E-state index contributed by atoms with van der Waals surface area (Å²) >= 11 is 0. The van der Waals surface area contributed by atoms with Gasteiger partial charge < -0.3 is 19.0 Å². The van der Waals surface area contributed by atoms with E-state index >= 15 is 0 Å². The van der Waals surface area contributed by atoms with Crippen LogP contribution in [-0.4, -0.2) is 28.9 Å². The van der Waals surface area contributed by atoms with Gasteiger partial charge in [0.1, 0.15) is 11.3 Å². The van der Waals surface area contributed by atoms with Crippen molar-refractivity contribution in [3.63, 3.8) is 0 Å². The van der Waals surface area contributed by atoms with Crippen molar-refractivity contribution in [2.45, 2.75) is 13.0 Å². The number of carbonyl (C=O) groups excluding carboxylic acids is 1. The van der Waals surface area contributed by atoms with Crippen molar-refractivity contribution in [1.29, 1.82) is 0 Å². The van der Waals surface area contributed by atoms with Crippen LogP contribution in [0.1, 0.15) is 11.3 Å². The molecule has 1 N–H and O–H groups in total. The van der Waals surface area contributed by atoms with Gasteiger partial charge in [-0.2, -0.15) is 0 Å². The number of nitrogens with one attached hydrogen (secondary N) is 1. The van der Waals surface area contributed by atoms with E-state index in [2.05, 4.69) is 17.1 Å². The number of para-hydroxylation sites is 1. The molecule has 0 bridgehead atoms. The predicted octanol–water partition coefficient (Wildman–Crippen LogP) is 3.24. The average molecular weight is 374 g/mol. The molecule has 0 unspecified atom stereocenters. The summed E-state index contributed by atoms with van der Waals surface area (Å²) in [5.41, 5.74) is 3.52. The minimum atomic E-state index is -0.413. The molecule has 140 valence electrons. The molecule has 0 spiro atoms. The molecule has 2 aromatic heterocycles. The quantitative estimate of drug-likeness (QED) is 0.559. The van der Waals surface area contributed by atoms with Gasteiger partial charge in [-0.05, 0) is 24.3 Å². The summed E-state index contributed by atoms with van der Waals surface area (Å²) < 4.78 is 10.8. The fraction of sp³-hybridized carbons (Fsp3) is 0.182. The van der Waals surface area contributed by atoms with Crippen LogP contribution in [0.15, 0.2) is 63.8 Å². The van der Waals surface area contributed by atoms with Crippen LogP contribution >= 0.6 is 0 Å². The maximum absolute atomic E-state index is 12.7. The molecule has 2 aromatic carbocycles. The van der Waals surface area contributed by atoms with E-state index in [1.54, 1.807) is 24.3 Å². The summed E-state index contributed by atoms with van der Waals surface area (Å²) in [6.07, 6.45) is 0.802. The van der Waals surface area contributed by atoms with Crippen LogP contribution in [0.2, 0.25) is 0 Å². The van der Waals surface area contributed by atoms with Crippen LogP contribution in [0, 0.1) is 0 Å².